The molecule has 0 N–H and O–H groups in total. The van der Waals surface area contributed by atoms with Crippen LogP contribution in [0.5, 0.6) is 0 Å². The SMILES string of the molecule is CC(C)(C)OC(=O)N1CC(=O)[C@H]1CO[Si](C)(C)C(C)(C)C. The topological polar surface area (TPSA) is 55.8 Å². The lowest BCUT2D eigenvalue weighted by Crippen LogP contribution is -2.63. The van der Waals surface area contributed by atoms with E-state index in [2.05, 4.69) is 33.9 Å². The molecule has 0 aromatic heterocycles. The van der Waals surface area contributed by atoms with Gasteiger partial charge in [0.15, 0.2) is 14.1 Å². The van der Waals surface area contributed by atoms with Crippen LogP contribution < -0.4 is 0 Å². The summed E-state index contributed by atoms with van der Waals surface area (Å²) in [5.41, 5.74) is -0.555. The van der Waals surface area contributed by atoms with Gasteiger partial charge in [0.1, 0.15) is 11.6 Å². The molecule has 0 aromatic carbocycles. The van der Waals surface area contributed by atoms with Gasteiger partial charge in [0.25, 0.3) is 0 Å². The Hall–Kier alpha value is -0.883. The number of likely N-dealkylation sites (tertiary alicyclic amines) is 1. The quantitative estimate of drug-likeness (QED) is 0.751. The van der Waals surface area contributed by atoms with E-state index in [1.54, 1.807) is 0 Å². The molecule has 0 radical (unpaired) electrons. The molecule has 1 saturated heterocycles. The van der Waals surface area contributed by atoms with E-state index < -0.39 is 26.1 Å². The molecule has 0 aliphatic carbocycles. The van der Waals surface area contributed by atoms with Gasteiger partial charge < -0.3 is 9.16 Å². The molecule has 122 valence electrons. The van der Waals surface area contributed by atoms with E-state index in [4.69, 9.17) is 9.16 Å². The maximum absolute atomic E-state index is 12.0. The Labute approximate surface area is 129 Å². The van der Waals surface area contributed by atoms with Crippen molar-refractivity contribution in [3.63, 3.8) is 0 Å². The maximum Gasteiger partial charge on any atom is 0.411 e. The third kappa shape index (κ3) is 4.54. The van der Waals surface area contributed by atoms with Gasteiger partial charge in [-0.2, -0.15) is 0 Å². The van der Waals surface area contributed by atoms with Crippen LogP contribution in [-0.4, -0.2) is 49.9 Å². The molecule has 1 aliphatic rings. The van der Waals surface area contributed by atoms with Crippen LogP contribution in [0.15, 0.2) is 0 Å². The highest BCUT2D eigenvalue weighted by Crippen LogP contribution is 2.37. The van der Waals surface area contributed by atoms with Gasteiger partial charge in [0.05, 0.1) is 13.2 Å². The zero-order chi connectivity index (χ0) is 16.6. The monoisotopic (exact) mass is 315 g/mol. The van der Waals surface area contributed by atoms with Crippen molar-refractivity contribution in [1.29, 1.82) is 0 Å². The van der Waals surface area contributed by atoms with Crippen LogP contribution in [0.4, 0.5) is 4.79 Å². The van der Waals surface area contributed by atoms with E-state index in [1.807, 2.05) is 20.8 Å². The van der Waals surface area contributed by atoms with Crippen LogP contribution in [0, 0.1) is 0 Å². The summed E-state index contributed by atoms with van der Waals surface area (Å²) in [7, 11) is -1.92. The minimum absolute atomic E-state index is 0.0413. The minimum Gasteiger partial charge on any atom is -0.444 e. The zero-order valence-corrected chi connectivity index (χ0v) is 15.6. The number of rotatable bonds is 3. The first-order chi connectivity index (χ1) is 9.24. The molecular weight excluding hydrogens is 286 g/mol. The summed E-state index contributed by atoms with van der Waals surface area (Å²) in [6.07, 6.45) is -0.439. The molecule has 0 spiro atoms. The predicted molar refractivity (Wildman–Crippen MR) is 84.9 cm³/mol. The molecular formula is C15H29NO4Si. The molecule has 1 fully saturated rings. The van der Waals surface area contributed by atoms with Gasteiger partial charge in [0, 0.05) is 0 Å². The van der Waals surface area contributed by atoms with Gasteiger partial charge in [-0.05, 0) is 38.9 Å². The lowest BCUT2D eigenvalue weighted by Gasteiger charge is -2.43. The van der Waals surface area contributed by atoms with E-state index >= 15 is 0 Å². The van der Waals surface area contributed by atoms with Crippen molar-refractivity contribution in [3.8, 4) is 0 Å². The van der Waals surface area contributed by atoms with Gasteiger partial charge in [-0.15, -0.1) is 0 Å². The average Bonchev–Trinajstić information content (AvgIpc) is 2.21. The molecule has 21 heavy (non-hydrogen) atoms. The Bertz CT molecular complexity index is 420. The second kappa shape index (κ2) is 5.72. The maximum atomic E-state index is 12.0. The number of amides is 1. The summed E-state index contributed by atoms with van der Waals surface area (Å²) in [5, 5.41) is 0.0799. The van der Waals surface area contributed by atoms with Gasteiger partial charge in [-0.1, -0.05) is 20.8 Å². The molecule has 0 bridgehead atoms. The number of carbonyl (C=O) groups excluding carboxylic acids is 2. The Morgan fingerprint density at radius 3 is 2.14 bits per heavy atom. The summed E-state index contributed by atoms with van der Waals surface area (Å²) < 4.78 is 11.4. The number of hydrogen-bond donors (Lipinski definition) is 0. The fourth-order valence-corrected chi connectivity index (χ4v) is 2.65. The van der Waals surface area contributed by atoms with E-state index in [-0.39, 0.29) is 24.0 Å². The van der Waals surface area contributed by atoms with Gasteiger partial charge in [-0.25, -0.2) is 4.79 Å². The Morgan fingerprint density at radius 1 is 1.24 bits per heavy atom. The normalized spacial score (nSPS) is 20.3. The second-order valence-corrected chi connectivity index (χ2v) is 13.0. The highest BCUT2D eigenvalue weighted by Gasteiger charge is 2.45. The molecule has 1 amide bonds. The molecule has 0 unspecified atom stereocenters. The van der Waals surface area contributed by atoms with Crippen molar-refractivity contribution >= 4 is 20.2 Å². The first-order valence-corrected chi connectivity index (χ1v) is 10.3. The molecule has 1 rings (SSSR count). The third-order valence-corrected chi connectivity index (χ3v) is 8.61. The highest BCUT2D eigenvalue weighted by molar-refractivity contribution is 6.74. The van der Waals surface area contributed by atoms with E-state index in [0.29, 0.717) is 0 Å². The predicted octanol–water partition coefficient (Wildman–Crippen LogP) is 3.20. The number of ether oxygens (including phenoxy) is 1. The standard InChI is InChI=1S/C15H29NO4Si/c1-14(2,3)20-13(18)16-9-12(17)11(16)10-19-21(7,8)15(4,5)6/h11H,9-10H2,1-8H3/t11-/m1/s1. The van der Waals surface area contributed by atoms with Crippen molar-refractivity contribution < 1.29 is 18.8 Å². The molecule has 1 heterocycles. The van der Waals surface area contributed by atoms with Crippen molar-refractivity contribution in [2.45, 2.75) is 71.3 Å². The van der Waals surface area contributed by atoms with Crippen LogP contribution in [-0.2, 0) is 14.0 Å². The summed E-state index contributed by atoms with van der Waals surface area (Å²) in [5.74, 6) is 0.0413. The number of nitrogens with zero attached hydrogens (tertiary/aromatic N) is 1. The fraction of sp³-hybridized carbons (Fsp3) is 0.867. The van der Waals surface area contributed by atoms with Crippen LogP contribution >= 0.6 is 0 Å². The zero-order valence-electron chi connectivity index (χ0n) is 14.6. The lowest BCUT2D eigenvalue weighted by molar-refractivity contribution is -0.137. The van der Waals surface area contributed by atoms with Gasteiger partial charge >= 0.3 is 6.09 Å². The molecule has 0 aromatic rings. The number of ketones is 1. The van der Waals surface area contributed by atoms with Crippen LogP contribution in [0.3, 0.4) is 0 Å². The van der Waals surface area contributed by atoms with E-state index in [0.717, 1.165) is 0 Å². The van der Waals surface area contributed by atoms with E-state index in [9.17, 15) is 9.59 Å². The van der Waals surface area contributed by atoms with Crippen LogP contribution in [0.1, 0.15) is 41.5 Å². The molecule has 1 atom stereocenters. The van der Waals surface area contributed by atoms with E-state index in [1.165, 1.54) is 4.90 Å². The van der Waals surface area contributed by atoms with Crippen molar-refractivity contribution in [2.75, 3.05) is 13.2 Å². The minimum atomic E-state index is -1.92. The van der Waals surface area contributed by atoms with Crippen molar-refractivity contribution in [2.24, 2.45) is 0 Å². The number of hydrogen-bond acceptors (Lipinski definition) is 4. The lowest BCUT2D eigenvalue weighted by atomic mass is 10.0. The van der Waals surface area contributed by atoms with Crippen LogP contribution in [0.25, 0.3) is 0 Å². The first-order valence-electron chi connectivity index (χ1n) is 7.41. The summed E-state index contributed by atoms with van der Waals surface area (Å²) in [4.78, 5) is 25.2. The third-order valence-electron chi connectivity index (χ3n) is 4.11. The van der Waals surface area contributed by atoms with Gasteiger partial charge in [0.2, 0.25) is 0 Å². The Morgan fingerprint density at radius 2 is 1.76 bits per heavy atom. The molecule has 1 aliphatic heterocycles. The molecule has 5 nitrogen and oxygen atoms in total. The average molecular weight is 315 g/mol. The van der Waals surface area contributed by atoms with Crippen molar-refractivity contribution in [3.05, 3.63) is 0 Å². The number of Topliss-reactive ketones (excluding diaryl/α,β-unsaturated/α-hetero) is 1. The summed E-state index contributed by atoms with van der Waals surface area (Å²) >= 11 is 0. The summed E-state index contributed by atoms with van der Waals surface area (Å²) in [6.45, 7) is 16.5. The second-order valence-electron chi connectivity index (χ2n) is 8.16. The first kappa shape index (κ1) is 18.2. The molecule has 6 heteroatoms. The van der Waals surface area contributed by atoms with Crippen molar-refractivity contribution in [1.82, 2.24) is 4.90 Å². The van der Waals surface area contributed by atoms with Crippen LogP contribution in [0.2, 0.25) is 18.1 Å². The smallest absolute Gasteiger partial charge is 0.411 e. The largest absolute Gasteiger partial charge is 0.444 e. The highest BCUT2D eigenvalue weighted by atomic mass is 28.4. The van der Waals surface area contributed by atoms with Gasteiger partial charge in [-0.3, -0.25) is 9.69 Å². The summed E-state index contributed by atoms with van der Waals surface area (Å²) in [6, 6.07) is -0.492. The Balaban J connectivity index is 2.62. The fourth-order valence-electron chi connectivity index (χ4n) is 1.64. The molecule has 0 saturated carbocycles. The number of carbonyl (C=O) groups is 2. The Kier molecular flexibility index (Phi) is 4.95.